The molecule has 0 fully saturated rings. The molecule has 3 aromatic rings. The molecule has 0 spiro atoms. The van der Waals surface area contributed by atoms with E-state index < -0.39 is 12.0 Å². The maximum Gasteiger partial charge on any atom is 0.257 e. The van der Waals surface area contributed by atoms with Crippen molar-refractivity contribution in [2.45, 2.75) is 12.0 Å². The predicted molar refractivity (Wildman–Crippen MR) is 87.9 cm³/mol. The van der Waals surface area contributed by atoms with Crippen LogP contribution >= 0.6 is 11.6 Å². The van der Waals surface area contributed by atoms with Crippen molar-refractivity contribution in [3.8, 4) is 5.75 Å². The number of para-hydroxylation sites is 1. The van der Waals surface area contributed by atoms with Crippen molar-refractivity contribution in [3.63, 3.8) is 0 Å². The molecule has 1 N–H and O–H groups in total. The number of hydrogen-bond donors (Lipinski definition) is 1. The Labute approximate surface area is 137 Å². The van der Waals surface area contributed by atoms with Gasteiger partial charge in [-0.3, -0.25) is 10.1 Å². The van der Waals surface area contributed by atoms with Crippen molar-refractivity contribution < 1.29 is 9.66 Å². The summed E-state index contributed by atoms with van der Waals surface area (Å²) in [6.07, 6.45) is 1.85. The second-order valence-corrected chi connectivity index (χ2v) is 6.05. The van der Waals surface area contributed by atoms with E-state index >= 15 is 0 Å². The summed E-state index contributed by atoms with van der Waals surface area (Å²) in [5.41, 5.74) is 2.61. The van der Waals surface area contributed by atoms with Gasteiger partial charge in [-0.05, 0) is 29.8 Å². The molecule has 0 saturated carbocycles. The fourth-order valence-corrected chi connectivity index (χ4v) is 3.46. The van der Waals surface area contributed by atoms with Gasteiger partial charge >= 0.3 is 0 Å². The van der Waals surface area contributed by atoms with Gasteiger partial charge in [0.1, 0.15) is 5.75 Å². The standard InChI is InChI=1S/C17H13ClN2O3/c18-10-5-6-16-12(7-10)17(15(9-23-16)20(21)22)13-8-19-14-4-2-1-3-11(13)14/h1-8,15,17,19H,9H2/t15-,17+/m0/s1. The van der Waals surface area contributed by atoms with Crippen molar-refractivity contribution in [2.75, 3.05) is 6.61 Å². The van der Waals surface area contributed by atoms with Crippen LogP contribution in [-0.2, 0) is 0 Å². The summed E-state index contributed by atoms with van der Waals surface area (Å²) in [5, 5.41) is 13.1. The van der Waals surface area contributed by atoms with Crippen molar-refractivity contribution in [1.82, 2.24) is 4.98 Å². The third kappa shape index (κ3) is 2.24. The Morgan fingerprint density at radius 2 is 2.04 bits per heavy atom. The number of nitrogens with one attached hydrogen (secondary N) is 1. The first-order valence-electron chi connectivity index (χ1n) is 7.27. The zero-order valence-electron chi connectivity index (χ0n) is 12.0. The number of benzene rings is 2. The Bertz CT molecular complexity index is 906. The van der Waals surface area contributed by atoms with Gasteiger partial charge in [0.05, 0.1) is 5.92 Å². The van der Waals surface area contributed by atoms with Crippen LogP contribution < -0.4 is 4.74 Å². The molecule has 0 radical (unpaired) electrons. The zero-order chi connectivity index (χ0) is 16.0. The van der Waals surface area contributed by atoms with Crippen molar-refractivity contribution >= 4 is 22.5 Å². The van der Waals surface area contributed by atoms with Crippen LogP contribution in [0.25, 0.3) is 10.9 Å². The first-order chi connectivity index (χ1) is 11.1. The van der Waals surface area contributed by atoms with Gasteiger partial charge in [-0.15, -0.1) is 0 Å². The molecule has 0 aliphatic carbocycles. The van der Waals surface area contributed by atoms with Gasteiger partial charge in [0, 0.05) is 32.6 Å². The molecular weight excluding hydrogens is 316 g/mol. The molecule has 4 rings (SSSR count). The average molecular weight is 329 g/mol. The molecule has 2 atom stereocenters. The smallest absolute Gasteiger partial charge is 0.257 e. The highest BCUT2D eigenvalue weighted by molar-refractivity contribution is 6.30. The van der Waals surface area contributed by atoms with Gasteiger partial charge in [-0.1, -0.05) is 29.8 Å². The van der Waals surface area contributed by atoms with Gasteiger partial charge in [0.2, 0.25) is 0 Å². The van der Waals surface area contributed by atoms with Crippen LogP contribution in [0.15, 0.2) is 48.7 Å². The Balaban J connectivity index is 1.96. The molecule has 116 valence electrons. The number of aromatic nitrogens is 1. The number of fused-ring (bicyclic) bond motifs is 2. The Hall–Kier alpha value is -2.53. The largest absolute Gasteiger partial charge is 0.486 e. The lowest BCUT2D eigenvalue weighted by molar-refractivity contribution is -0.528. The molecule has 0 saturated heterocycles. The molecule has 23 heavy (non-hydrogen) atoms. The Morgan fingerprint density at radius 1 is 1.22 bits per heavy atom. The molecule has 5 nitrogen and oxygen atoms in total. The number of rotatable bonds is 2. The number of H-pyrrole nitrogens is 1. The molecule has 6 heteroatoms. The van der Waals surface area contributed by atoms with Crippen LogP contribution in [0.5, 0.6) is 5.75 Å². The summed E-state index contributed by atoms with van der Waals surface area (Å²) in [7, 11) is 0. The summed E-state index contributed by atoms with van der Waals surface area (Å²) >= 11 is 6.12. The number of hydrogen-bond acceptors (Lipinski definition) is 3. The fraction of sp³-hybridized carbons (Fsp3) is 0.176. The lowest BCUT2D eigenvalue weighted by Gasteiger charge is -2.28. The topological polar surface area (TPSA) is 68.2 Å². The van der Waals surface area contributed by atoms with Crippen molar-refractivity contribution in [3.05, 3.63) is 74.9 Å². The molecular formula is C17H13ClN2O3. The van der Waals surface area contributed by atoms with Crippen LogP contribution in [0.1, 0.15) is 17.0 Å². The molecule has 1 aromatic heterocycles. The van der Waals surface area contributed by atoms with E-state index in [-0.39, 0.29) is 11.5 Å². The Morgan fingerprint density at radius 3 is 2.87 bits per heavy atom. The molecule has 0 amide bonds. The van der Waals surface area contributed by atoms with E-state index in [0.717, 1.165) is 22.0 Å². The maximum absolute atomic E-state index is 11.6. The minimum Gasteiger partial charge on any atom is -0.486 e. The highest BCUT2D eigenvalue weighted by Gasteiger charge is 2.41. The summed E-state index contributed by atoms with van der Waals surface area (Å²) in [6, 6.07) is 12.2. The molecule has 0 unspecified atom stereocenters. The summed E-state index contributed by atoms with van der Waals surface area (Å²) in [6.45, 7) is 0.0474. The summed E-state index contributed by atoms with van der Waals surface area (Å²) in [5.74, 6) is 0.256. The fourth-order valence-electron chi connectivity index (χ4n) is 3.28. The van der Waals surface area contributed by atoms with E-state index in [4.69, 9.17) is 16.3 Å². The predicted octanol–water partition coefficient (Wildman–Crippen LogP) is 3.99. The normalized spacial score (nSPS) is 20.0. The van der Waals surface area contributed by atoms with E-state index in [1.54, 1.807) is 18.2 Å². The zero-order valence-corrected chi connectivity index (χ0v) is 12.8. The quantitative estimate of drug-likeness (QED) is 0.571. The van der Waals surface area contributed by atoms with Crippen LogP contribution in [0, 0.1) is 10.1 Å². The lowest BCUT2D eigenvalue weighted by Crippen LogP contribution is -2.37. The number of ether oxygens (including phenoxy) is 1. The maximum atomic E-state index is 11.6. The van der Waals surface area contributed by atoms with Crippen LogP contribution in [0.3, 0.4) is 0 Å². The molecule has 0 bridgehead atoms. The third-order valence-electron chi connectivity index (χ3n) is 4.33. The summed E-state index contributed by atoms with van der Waals surface area (Å²) < 4.78 is 5.58. The minimum atomic E-state index is -0.847. The van der Waals surface area contributed by atoms with Crippen molar-refractivity contribution in [1.29, 1.82) is 0 Å². The molecule has 2 heterocycles. The second kappa shape index (κ2) is 5.28. The first-order valence-corrected chi connectivity index (χ1v) is 7.64. The van der Waals surface area contributed by atoms with Gasteiger partial charge in [0.25, 0.3) is 6.04 Å². The molecule has 1 aliphatic heterocycles. The van der Waals surface area contributed by atoms with E-state index in [0.29, 0.717) is 10.8 Å². The SMILES string of the molecule is O=[N+]([O-])[C@H]1COc2ccc(Cl)cc2[C@@H]1c1c[nH]c2ccccc12. The number of nitro groups is 1. The van der Waals surface area contributed by atoms with Crippen LogP contribution in [0.2, 0.25) is 5.02 Å². The highest BCUT2D eigenvalue weighted by Crippen LogP contribution is 2.42. The molecule has 2 aromatic carbocycles. The number of halogens is 1. The van der Waals surface area contributed by atoms with E-state index in [1.807, 2.05) is 30.5 Å². The van der Waals surface area contributed by atoms with Crippen LogP contribution in [0.4, 0.5) is 0 Å². The monoisotopic (exact) mass is 328 g/mol. The van der Waals surface area contributed by atoms with E-state index in [9.17, 15) is 10.1 Å². The summed E-state index contributed by atoms with van der Waals surface area (Å²) in [4.78, 5) is 14.5. The van der Waals surface area contributed by atoms with Crippen LogP contribution in [-0.4, -0.2) is 22.6 Å². The third-order valence-corrected chi connectivity index (χ3v) is 4.56. The van der Waals surface area contributed by atoms with Crippen molar-refractivity contribution in [2.24, 2.45) is 0 Å². The average Bonchev–Trinajstić information content (AvgIpc) is 2.97. The van der Waals surface area contributed by atoms with Gasteiger partial charge in [0.15, 0.2) is 6.61 Å². The number of aromatic amines is 1. The van der Waals surface area contributed by atoms with Gasteiger partial charge in [-0.2, -0.15) is 0 Å². The second-order valence-electron chi connectivity index (χ2n) is 5.61. The lowest BCUT2D eigenvalue weighted by atomic mass is 9.83. The van der Waals surface area contributed by atoms with E-state index in [2.05, 4.69) is 4.98 Å². The minimum absolute atomic E-state index is 0.0474. The van der Waals surface area contributed by atoms with Gasteiger partial charge < -0.3 is 9.72 Å². The van der Waals surface area contributed by atoms with E-state index in [1.165, 1.54) is 0 Å². The van der Waals surface area contributed by atoms with Gasteiger partial charge in [-0.25, -0.2) is 0 Å². The Kier molecular flexibility index (Phi) is 3.23. The highest BCUT2D eigenvalue weighted by atomic mass is 35.5. The number of nitrogens with zero attached hydrogens (tertiary/aromatic N) is 1. The first kappa shape index (κ1) is 14.1. The molecule has 1 aliphatic rings.